The van der Waals surface area contributed by atoms with E-state index in [0.717, 1.165) is 23.8 Å². The number of para-hydroxylation sites is 1. The van der Waals surface area contributed by atoms with Gasteiger partial charge in [0, 0.05) is 11.6 Å². The van der Waals surface area contributed by atoms with Gasteiger partial charge >= 0.3 is 0 Å². The van der Waals surface area contributed by atoms with Crippen LogP contribution in [0.1, 0.15) is 37.8 Å². The summed E-state index contributed by atoms with van der Waals surface area (Å²) in [5.41, 5.74) is 2.49. The molecule has 0 aliphatic carbocycles. The summed E-state index contributed by atoms with van der Waals surface area (Å²) in [6.45, 7) is 3.90. The number of benzene rings is 2. The van der Waals surface area contributed by atoms with E-state index >= 15 is 0 Å². The normalized spacial score (nSPS) is 10.9. The van der Waals surface area contributed by atoms with Crippen LogP contribution in [0.4, 0.5) is 5.69 Å². The fourth-order valence-corrected chi connectivity index (χ4v) is 2.19. The van der Waals surface area contributed by atoms with Gasteiger partial charge in [-0.2, -0.15) is 0 Å². The van der Waals surface area contributed by atoms with Gasteiger partial charge in [-0.15, -0.1) is 0 Å². The first-order valence-electron chi connectivity index (χ1n) is 8.29. The molecule has 6 heteroatoms. The van der Waals surface area contributed by atoms with Crippen LogP contribution in [0.15, 0.2) is 66.9 Å². The molecule has 26 heavy (non-hydrogen) atoms. The summed E-state index contributed by atoms with van der Waals surface area (Å²) >= 11 is 0. The number of rotatable bonds is 6. The second-order valence-corrected chi connectivity index (χ2v) is 5.29. The predicted octanol–water partition coefficient (Wildman–Crippen LogP) is 5.73. The Kier molecular flexibility index (Phi) is 9.03. The molecule has 0 saturated carbocycles. The van der Waals surface area contributed by atoms with Crippen LogP contribution < -0.4 is 0 Å². The van der Waals surface area contributed by atoms with Crippen molar-refractivity contribution < 1.29 is 9.85 Å². The summed E-state index contributed by atoms with van der Waals surface area (Å²) < 4.78 is 0. The second kappa shape index (κ2) is 11.3. The highest BCUT2D eigenvalue weighted by Gasteiger charge is 2.08. The molecule has 0 aromatic heterocycles. The SMILES string of the molecule is CCC(=C[N+](=O)[O-])c1ccccc1.CCC=Cc1ccccc1[N+](=O)[O-]. The van der Waals surface area contributed by atoms with Crippen molar-refractivity contribution in [1.29, 1.82) is 0 Å². The molecule has 0 heterocycles. The molecule has 0 unspecified atom stereocenters. The minimum atomic E-state index is -0.411. The lowest BCUT2D eigenvalue weighted by Gasteiger charge is -1.99. The summed E-state index contributed by atoms with van der Waals surface area (Å²) in [6.07, 6.45) is 6.30. The van der Waals surface area contributed by atoms with Gasteiger partial charge in [0.1, 0.15) is 0 Å². The molecule has 0 atom stereocenters. The lowest BCUT2D eigenvalue weighted by Crippen LogP contribution is -1.90. The van der Waals surface area contributed by atoms with E-state index in [1.54, 1.807) is 24.3 Å². The van der Waals surface area contributed by atoms with Gasteiger partial charge in [0.25, 0.3) is 5.69 Å². The maximum absolute atomic E-state index is 10.6. The van der Waals surface area contributed by atoms with Crippen LogP contribution >= 0.6 is 0 Å². The Balaban J connectivity index is 0.000000260. The minimum absolute atomic E-state index is 0.159. The van der Waals surface area contributed by atoms with E-state index in [-0.39, 0.29) is 10.6 Å². The highest BCUT2D eigenvalue weighted by Crippen LogP contribution is 2.19. The number of nitro benzene ring substituents is 1. The average molecular weight is 354 g/mol. The first kappa shape index (κ1) is 20.8. The molecule has 2 rings (SSSR count). The highest BCUT2D eigenvalue weighted by molar-refractivity contribution is 5.64. The van der Waals surface area contributed by atoms with Crippen molar-refractivity contribution >= 4 is 17.3 Å². The van der Waals surface area contributed by atoms with Crippen molar-refractivity contribution in [3.05, 3.63) is 98.2 Å². The number of nitrogens with zero attached hydrogens (tertiary/aromatic N) is 2. The van der Waals surface area contributed by atoms with Gasteiger partial charge in [-0.05, 0) is 24.5 Å². The first-order valence-corrected chi connectivity index (χ1v) is 8.29. The Hall–Kier alpha value is -3.28. The van der Waals surface area contributed by atoms with Gasteiger partial charge in [-0.25, -0.2) is 0 Å². The quantitative estimate of drug-likeness (QED) is 0.489. The number of hydrogen-bond acceptors (Lipinski definition) is 4. The molecular weight excluding hydrogens is 332 g/mol. The topological polar surface area (TPSA) is 86.3 Å². The minimum Gasteiger partial charge on any atom is -0.259 e. The van der Waals surface area contributed by atoms with E-state index in [1.165, 1.54) is 6.07 Å². The van der Waals surface area contributed by atoms with Crippen molar-refractivity contribution in [3.8, 4) is 0 Å². The summed E-state index contributed by atoms with van der Waals surface area (Å²) in [4.78, 5) is 20.1. The molecule has 6 nitrogen and oxygen atoms in total. The van der Waals surface area contributed by atoms with Crippen LogP contribution in [0.25, 0.3) is 11.6 Å². The molecule has 0 saturated heterocycles. The number of allylic oxidation sites excluding steroid dienone is 2. The fraction of sp³-hybridized carbons (Fsp3) is 0.200. The van der Waals surface area contributed by atoms with E-state index in [2.05, 4.69) is 0 Å². The van der Waals surface area contributed by atoms with Crippen molar-refractivity contribution in [2.45, 2.75) is 26.7 Å². The van der Waals surface area contributed by atoms with E-state index in [4.69, 9.17) is 0 Å². The van der Waals surface area contributed by atoms with E-state index in [9.17, 15) is 20.2 Å². The molecule has 0 fully saturated rings. The highest BCUT2D eigenvalue weighted by atomic mass is 16.6. The number of hydrogen-bond donors (Lipinski definition) is 0. The van der Waals surface area contributed by atoms with Crippen LogP contribution in [-0.4, -0.2) is 9.85 Å². The van der Waals surface area contributed by atoms with Crippen molar-refractivity contribution in [3.63, 3.8) is 0 Å². The van der Waals surface area contributed by atoms with E-state index in [0.29, 0.717) is 12.0 Å². The second-order valence-electron chi connectivity index (χ2n) is 5.29. The van der Waals surface area contributed by atoms with Crippen LogP contribution in [0, 0.1) is 20.2 Å². The molecule has 0 spiro atoms. The van der Waals surface area contributed by atoms with Gasteiger partial charge in [-0.1, -0.05) is 68.5 Å². The van der Waals surface area contributed by atoms with E-state index < -0.39 is 4.92 Å². The third-order valence-electron chi connectivity index (χ3n) is 3.45. The molecule has 2 aromatic carbocycles. The lowest BCUT2D eigenvalue weighted by atomic mass is 10.1. The van der Waals surface area contributed by atoms with Gasteiger partial charge in [0.05, 0.1) is 15.4 Å². The largest absolute Gasteiger partial charge is 0.276 e. The molecule has 136 valence electrons. The van der Waals surface area contributed by atoms with Crippen LogP contribution in [-0.2, 0) is 0 Å². The lowest BCUT2D eigenvalue weighted by molar-refractivity contribution is -0.401. The molecule has 0 bridgehead atoms. The maximum Gasteiger partial charge on any atom is 0.276 e. The summed E-state index contributed by atoms with van der Waals surface area (Å²) in [6, 6.07) is 16.1. The van der Waals surface area contributed by atoms with Crippen LogP contribution in [0.2, 0.25) is 0 Å². The Morgan fingerprint density at radius 3 is 2.12 bits per heavy atom. The third kappa shape index (κ3) is 7.09. The molecule has 0 aliphatic heterocycles. The summed E-state index contributed by atoms with van der Waals surface area (Å²) in [5.74, 6) is 0. The maximum atomic E-state index is 10.6. The fourth-order valence-electron chi connectivity index (χ4n) is 2.19. The van der Waals surface area contributed by atoms with Gasteiger partial charge < -0.3 is 0 Å². The summed E-state index contributed by atoms with van der Waals surface area (Å²) in [7, 11) is 0. The van der Waals surface area contributed by atoms with Gasteiger partial charge in [0.15, 0.2) is 0 Å². The zero-order chi connectivity index (χ0) is 19.4. The Bertz CT molecular complexity index is 783. The van der Waals surface area contributed by atoms with Gasteiger partial charge in [0.2, 0.25) is 6.20 Å². The molecule has 0 radical (unpaired) electrons. The van der Waals surface area contributed by atoms with Crippen molar-refractivity contribution in [1.82, 2.24) is 0 Å². The van der Waals surface area contributed by atoms with Crippen molar-refractivity contribution in [2.75, 3.05) is 0 Å². The average Bonchev–Trinajstić information content (AvgIpc) is 2.65. The zero-order valence-electron chi connectivity index (χ0n) is 14.9. The standard InChI is InChI=1S/2C10H11NO2/c1-2-9(8-11(12)13)10-6-4-3-5-7-10;1-2-3-6-9-7-4-5-8-10(9)11(12)13/h2*3-8H,2H2,1H3. The van der Waals surface area contributed by atoms with E-state index in [1.807, 2.05) is 50.3 Å². The monoisotopic (exact) mass is 354 g/mol. The Morgan fingerprint density at radius 2 is 1.58 bits per heavy atom. The molecular formula is C20H22N2O4. The zero-order valence-corrected chi connectivity index (χ0v) is 14.9. The van der Waals surface area contributed by atoms with Crippen LogP contribution in [0.3, 0.4) is 0 Å². The number of nitro groups is 2. The first-order chi connectivity index (χ1) is 12.5. The Labute approximate surface area is 152 Å². The van der Waals surface area contributed by atoms with Crippen LogP contribution in [0.5, 0.6) is 0 Å². The van der Waals surface area contributed by atoms with Gasteiger partial charge in [-0.3, -0.25) is 20.2 Å². The third-order valence-corrected chi connectivity index (χ3v) is 3.45. The Morgan fingerprint density at radius 1 is 0.962 bits per heavy atom. The molecule has 0 amide bonds. The molecule has 0 aliphatic rings. The predicted molar refractivity (Wildman–Crippen MR) is 104 cm³/mol. The summed E-state index contributed by atoms with van der Waals surface area (Å²) in [5, 5.41) is 20.8. The molecule has 0 N–H and O–H groups in total. The van der Waals surface area contributed by atoms with Crippen molar-refractivity contribution in [2.24, 2.45) is 0 Å². The smallest absolute Gasteiger partial charge is 0.259 e. The molecule has 2 aromatic rings.